The predicted molar refractivity (Wildman–Crippen MR) is 119 cm³/mol. The van der Waals surface area contributed by atoms with E-state index in [0.29, 0.717) is 41.7 Å². The number of aryl methyl sites for hydroxylation is 1. The fourth-order valence-corrected chi connectivity index (χ4v) is 3.91. The van der Waals surface area contributed by atoms with Crippen LogP contribution in [0.2, 0.25) is 0 Å². The lowest BCUT2D eigenvalue weighted by Gasteiger charge is -2.17. The standard InChI is InChI=1S/C21H27FN8O3/c1-5-17(32)24-16-10-29(9-14(16)22)21-25-15(18-19(26-21)28(3)11-23-18)6-13-8-30(7-12(2)31)27-20(13)33-4/h5,8,11-12,14,16,31H,1,6-7,9-10H2,2-4H3,(H,24,32)/t12?,14-,16-/m1/s1. The largest absolute Gasteiger partial charge is 0.480 e. The molecule has 3 aromatic rings. The van der Waals surface area contributed by atoms with Gasteiger partial charge in [0.05, 0.1) is 44.4 Å². The van der Waals surface area contributed by atoms with E-state index >= 15 is 0 Å². The van der Waals surface area contributed by atoms with Gasteiger partial charge in [0.25, 0.3) is 0 Å². The summed E-state index contributed by atoms with van der Waals surface area (Å²) in [7, 11) is 3.36. The Morgan fingerprint density at radius 1 is 1.45 bits per heavy atom. The molecular formula is C21H27FN8O3. The predicted octanol–water partition coefficient (Wildman–Crippen LogP) is 0.369. The van der Waals surface area contributed by atoms with Gasteiger partial charge in [-0.3, -0.25) is 9.48 Å². The highest BCUT2D eigenvalue weighted by Gasteiger charge is 2.35. The molecule has 0 aromatic carbocycles. The number of halogens is 1. The molecule has 0 spiro atoms. The third-order valence-corrected chi connectivity index (χ3v) is 5.47. The Labute approximate surface area is 189 Å². The zero-order valence-corrected chi connectivity index (χ0v) is 18.8. The lowest BCUT2D eigenvalue weighted by Crippen LogP contribution is -2.40. The molecule has 1 aliphatic rings. The molecule has 1 aliphatic heterocycles. The van der Waals surface area contributed by atoms with Gasteiger partial charge < -0.3 is 24.6 Å². The summed E-state index contributed by atoms with van der Waals surface area (Å²) in [5, 5.41) is 16.7. The molecule has 176 valence electrons. The lowest BCUT2D eigenvalue weighted by atomic mass is 10.1. The Kier molecular flexibility index (Phi) is 6.27. The van der Waals surface area contributed by atoms with Gasteiger partial charge in [0.2, 0.25) is 17.7 Å². The van der Waals surface area contributed by atoms with E-state index in [1.807, 2.05) is 7.05 Å². The zero-order chi connectivity index (χ0) is 23.7. The molecule has 1 unspecified atom stereocenters. The minimum absolute atomic E-state index is 0.0561. The molecule has 11 nitrogen and oxygen atoms in total. The van der Waals surface area contributed by atoms with Gasteiger partial charge in [-0.15, -0.1) is 5.10 Å². The number of nitrogens with zero attached hydrogens (tertiary/aromatic N) is 7. The van der Waals surface area contributed by atoms with Crippen molar-refractivity contribution < 1.29 is 19.0 Å². The number of imidazole rings is 1. The number of rotatable bonds is 8. The molecule has 1 amide bonds. The van der Waals surface area contributed by atoms with Gasteiger partial charge in [0.15, 0.2) is 5.65 Å². The Morgan fingerprint density at radius 3 is 2.94 bits per heavy atom. The van der Waals surface area contributed by atoms with Crippen LogP contribution in [0.3, 0.4) is 0 Å². The number of alkyl halides is 1. The second kappa shape index (κ2) is 9.14. The van der Waals surface area contributed by atoms with Crippen LogP contribution in [-0.4, -0.2) is 78.8 Å². The molecule has 12 heteroatoms. The first kappa shape index (κ1) is 22.6. The van der Waals surface area contributed by atoms with Crippen molar-refractivity contribution in [2.75, 3.05) is 25.1 Å². The number of hydrogen-bond donors (Lipinski definition) is 2. The molecule has 3 atom stereocenters. The molecular weight excluding hydrogens is 431 g/mol. The first-order valence-electron chi connectivity index (χ1n) is 10.6. The molecule has 4 rings (SSSR count). The number of nitrogens with one attached hydrogen (secondary N) is 1. The van der Waals surface area contributed by atoms with Gasteiger partial charge >= 0.3 is 0 Å². The summed E-state index contributed by atoms with van der Waals surface area (Å²) in [6, 6.07) is -0.677. The van der Waals surface area contributed by atoms with Gasteiger partial charge in [0.1, 0.15) is 11.7 Å². The Hall–Kier alpha value is -3.54. The maximum atomic E-state index is 14.6. The molecule has 0 radical (unpaired) electrons. The minimum Gasteiger partial charge on any atom is -0.480 e. The van der Waals surface area contributed by atoms with Gasteiger partial charge in [0, 0.05) is 31.8 Å². The van der Waals surface area contributed by atoms with E-state index in [0.717, 1.165) is 11.6 Å². The zero-order valence-electron chi connectivity index (χ0n) is 18.8. The summed E-state index contributed by atoms with van der Waals surface area (Å²) >= 11 is 0. The number of aliphatic hydroxyl groups is 1. The number of amides is 1. The van der Waals surface area contributed by atoms with E-state index in [-0.39, 0.29) is 13.1 Å². The third-order valence-electron chi connectivity index (χ3n) is 5.47. The topological polar surface area (TPSA) is 123 Å². The SMILES string of the molecule is C=CC(=O)N[C@@H]1CN(c2nc(Cc3cn(CC(C)O)nc3OC)c3ncn(C)c3n2)C[C@H]1F. The highest BCUT2D eigenvalue weighted by Crippen LogP contribution is 2.26. The number of aromatic nitrogens is 6. The number of anilines is 1. The molecule has 1 saturated heterocycles. The number of aliphatic hydroxyl groups excluding tert-OH is 1. The molecule has 0 bridgehead atoms. The van der Waals surface area contributed by atoms with Crippen LogP contribution in [0.1, 0.15) is 18.2 Å². The van der Waals surface area contributed by atoms with Gasteiger partial charge in [-0.1, -0.05) is 6.58 Å². The fraction of sp³-hybridized carbons (Fsp3) is 0.476. The van der Waals surface area contributed by atoms with Crippen LogP contribution < -0.4 is 15.0 Å². The van der Waals surface area contributed by atoms with Crippen LogP contribution in [0.5, 0.6) is 5.88 Å². The molecule has 0 aliphatic carbocycles. The van der Waals surface area contributed by atoms with Gasteiger partial charge in [-0.05, 0) is 13.0 Å². The van der Waals surface area contributed by atoms with Crippen molar-refractivity contribution in [1.82, 2.24) is 34.6 Å². The molecule has 0 saturated carbocycles. The maximum Gasteiger partial charge on any atom is 0.243 e. The maximum absolute atomic E-state index is 14.6. The van der Waals surface area contributed by atoms with Crippen molar-refractivity contribution in [3.05, 3.63) is 36.4 Å². The van der Waals surface area contributed by atoms with E-state index < -0.39 is 24.2 Å². The number of ether oxygens (including phenoxy) is 1. The summed E-state index contributed by atoms with van der Waals surface area (Å²) < 4.78 is 23.4. The number of carbonyl (C=O) groups excluding carboxylic acids is 1. The van der Waals surface area contributed by atoms with Crippen LogP contribution >= 0.6 is 0 Å². The smallest absolute Gasteiger partial charge is 0.243 e. The average Bonchev–Trinajstić information content (AvgIpc) is 3.45. The summed E-state index contributed by atoms with van der Waals surface area (Å²) in [6.07, 6.45) is 3.11. The van der Waals surface area contributed by atoms with Crippen LogP contribution in [0.25, 0.3) is 11.2 Å². The first-order valence-corrected chi connectivity index (χ1v) is 10.6. The van der Waals surface area contributed by atoms with E-state index in [9.17, 15) is 14.3 Å². The van der Waals surface area contributed by atoms with Crippen molar-refractivity contribution in [3.63, 3.8) is 0 Å². The summed E-state index contributed by atoms with van der Waals surface area (Å²) in [5.41, 5.74) is 2.65. The second-order valence-corrected chi connectivity index (χ2v) is 8.15. The van der Waals surface area contributed by atoms with E-state index in [2.05, 4.69) is 27.0 Å². The van der Waals surface area contributed by atoms with E-state index in [4.69, 9.17) is 9.72 Å². The van der Waals surface area contributed by atoms with Crippen LogP contribution in [-0.2, 0) is 24.8 Å². The molecule has 3 aromatic heterocycles. The number of hydrogen-bond acceptors (Lipinski definition) is 8. The van der Waals surface area contributed by atoms with E-state index in [1.54, 1.807) is 33.6 Å². The number of carbonyl (C=O) groups is 1. The minimum atomic E-state index is -1.26. The second-order valence-electron chi connectivity index (χ2n) is 8.15. The highest BCUT2D eigenvalue weighted by atomic mass is 19.1. The first-order chi connectivity index (χ1) is 15.8. The quantitative estimate of drug-likeness (QED) is 0.464. The van der Waals surface area contributed by atoms with Crippen molar-refractivity contribution in [2.45, 2.75) is 38.2 Å². The summed E-state index contributed by atoms with van der Waals surface area (Å²) in [5.74, 6) is 0.362. The molecule has 1 fully saturated rings. The van der Waals surface area contributed by atoms with Crippen molar-refractivity contribution in [1.29, 1.82) is 0 Å². The van der Waals surface area contributed by atoms with E-state index in [1.165, 1.54) is 7.11 Å². The molecule has 2 N–H and O–H groups in total. The molecule has 33 heavy (non-hydrogen) atoms. The highest BCUT2D eigenvalue weighted by molar-refractivity contribution is 5.87. The third kappa shape index (κ3) is 4.65. The summed E-state index contributed by atoms with van der Waals surface area (Å²) in [6.45, 7) is 5.71. The summed E-state index contributed by atoms with van der Waals surface area (Å²) in [4.78, 5) is 27.1. The number of fused-ring (bicyclic) bond motifs is 1. The fourth-order valence-electron chi connectivity index (χ4n) is 3.91. The Bertz CT molecular complexity index is 1170. The van der Waals surface area contributed by atoms with Crippen LogP contribution in [0.15, 0.2) is 25.2 Å². The monoisotopic (exact) mass is 458 g/mol. The lowest BCUT2D eigenvalue weighted by molar-refractivity contribution is -0.117. The van der Waals surface area contributed by atoms with Gasteiger partial charge in [-0.2, -0.15) is 4.98 Å². The van der Waals surface area contributed by atoms with Crippen LogP contribution in [0, 0.1) is 0 Å². The Morgan fingerprint density at radius 2 is 2.24 bits per heavy atom. The average molecular weight is 458 g/mol. The van der Waals surface area contributed by atoms with Crippen molar-refractivity contribution in [2.24, 2.45) is 7.05 Å². The molecule has 4 heterocycles. The van der Waals surface area contributed by atoms with Gasteiger partial charge in [-0.25, -0.2) is 14.4 Å². The normalized spacial score (nSPS) is 19.1. The van der Waals surface area contributed by atoms with Crippen molar-refractivity contribution in [3.8, 4) is 5.88 Å². The number of methoxy groups -OCH3 is 1. The van der Waals surface area contributed by atoms with Crippen molar-refractivity contribution >= 4 is 23.0 Å². The Balaban J connectivity index is 1.67. The van der Waals surface area contributed by atoms with Crippen LogP contribution in [0.4, 0.5) is 10.3 Å².